The zero-order chi connectivity index (χ0) is 24.2. The Kier molecular flexibility index (Phi) is 7.14. The molecule has 4 rings (SSSR count). The molecule has 0 spiro atoms. The molecule has 0 unspecified atom stereocenters. The Balaban J connectivity index is 1.77. The molecule has 6 nitrogen and oxygen atoms in total. The Morgan fingerprint density at radius 2 is 1.71 bits per heavy atom. The van der Waals surface area contributed by atoms with Crippen molar-refractivity contribution in [2.45, 2.75) is 6.92 Å². The minimum Gasteiger partial charge on any atom is -0.494 e. The molecule has 0 radical (unpaired) electrons. The van der Waals surface area contributed by atoms with Crippen molar-refractivity contribution in [2.75, 3.05) is 32.1 Å². The van der Waals surface area contributed by atoms with Crippen LogP contribution in [0.25, 0.3) is 10.9 Å². The maximum Gasteiger partial charge on any atom is 0.223 e. The maximum atomic E-state index is 12.2. The lowest BCUT2D eigenvalue weighted by Gasteiger charge is -2.23. The van der Waals surface area contributed by atoms with Crippen LogP contribution in [0.2, 0.25) is 0 Å². The van der Waals surface area contributed by atoms with Gasteiger partial charge in [-0.05, 0) is 50.5 Å². The normalized spacial score (nSPS) is 11.9. The van der Waals surface area contributed by atoms with Gasteiger partial charge < -0.3 is 19.9 Å². The van der Waals surface area contributed by atoms with Crippen LogP contribution >= 0.6 is 15.9 Å². The number of rotatable bonds is 7. The molecule has 0 atom stereocenters. The number of nitrogens with zero attached hydrogens (tertiary/aromatic N) is 3. The highest BCUT2D eigenvalue weighted by Gasteiger charge is 2.19. The number of carbonyl (C=O) groups is 1. The molecule has 0 aliphatic carbocycles. The summed E-state index contributed by atoms with van der Waals surface area (Å²) in [5.74, 6) is 0.0664. The van der Waals surface area contributed by atoms with Crippen LogP contribution in [-0.4, -0.2) is 53.8 Å². The largest absolute Gasteiger partial charge is 0.494 e. The van der Waals surface area contributed by atoms with Crippen LogP contribution in [-0.2, 0) is 4.79 Å². The van der Waals surface area contributed by atoms with Crippen LogP contribution in [0.15, 0.2) is 82.3 Å². The second kappa shape index (κ2) is 10.2. The van der Waals surface area contributed by atoms with E-state index in [1.54, 1.807) is 11.8 Å². The van der Waals surface area contributed by atoms with E-state index in [4.69, 9.17) is 4.99 Å². The van der Waals surface area contributed by atoms with Crippen molar-refractivity contribution in [3.05, 3.63) is 88.4 Å². The molecular weight excluding hydrogens is 492 g/mol. The number of H-pyrrole nitrogens is 1. The number of hydrogen-bond donors (Lipinski definition) is 2. The average molecular weight is 519 g/mol. The van der Waals surface area contributed by atoms with Crippen LogP contribution in [0.3, 0.4) is 0 Å². The highest BCUT2D eigenvalue weighted by Crippen LogP contribution is 2.33. The lowest BCUT2D eigenvalue weighted by atomic mass is 10.0. The van der Waals surface area contributed by atoms with Gasteiger partial charge >= 0.3 is 0 Å². The van der Waals surface area contributed by atoms with E-state index in [0.29, 0.717) is 17.8 Å². The third-order valence-electron chi connectivity index (χ3n) is 5.58. The van der Waals surface area contributed by atoms with E-state index in [1.807, 2.05) is 91.8 Å². The molecule has 7 heteroatoms. The Bertz CT molecular complexity index is 1330. The van der Waals surface area contributed by atoms with Crippen LogP contribution in [0, 0.1) is 0 Å². The van der Waals surface area contributed by atoms with Gasteiger partial charge in [0.2, 0.25) is 5.91 Å². The van der Waals surface area contributed by atoms with E-state index < -0.39 is 0 Å². The molecule has 174 valence electrons. The average Bonchev–Trinajstić information content (AvgIpc) is 3.13. The zero-order valence-corrected chi connectivity index (χ0v) is 21.0. The lowest BCUT2D eigenvalue weighted by Crippen LogP contribution is -2.35. The highest BCUT2D eigenvalue weighted by atomic mass is 79.9. The monoisotopic (exact) mass is 518 g/mol. The van der Waals surface area contributed by atoms with Gasteiger partial charge in [-0.15, -0.1) is 0 Å². The van der Waals surface area contributed by atoms with Gasteiger partial charge in [-0.1, -0.05) is 52.3 Å². The van der Waals surface area contributed by atoms with Crippen molar-refractivity contribution < 1.29 is 9.90 Å². The molecule has 0 aliphatic rings. The number of amides is 1. The summed E-state index contributed by atoms with van der Waals surface area (Å²) < 4.78 is 0.922. The van der Waals surface area contributed by atoms with Gasteiger partial charge in [-0.25, -0.2) is 4.99 Å². The molecule has 34 heavy (non-hydrogen) atoms. The van der Waals surface area contributed by atoms with E-state index >= 15 is 0 Å². The highest BCUT2D eigenvalue weighted by molar-refractivity contribution is 9.10. The summed E-state index contributed by atoms with van der Waals surface area (Å²) in [7, 11) is 3.97. The molecule has 0 fully saturated rings. The first-order valence-electron chi connectivity index (χ1n) is 11.0. The van der Waals surface area contributed by atoms with Gasteiger partial charge in [0.1, 0.15) is 0 Å². The number of aromatic amines is 1. The van der Waals surface area contributed by atoms with Gasteiger partial charge in [-0.3, -0.25) is 4.79 Å². The molecule has 0 saturated carbocycles. The van der Waals surface area contributed by atoms with Crippen molar-refractivity contribution in [1.29, 1.82) is 0 Å². The lowest BCUT2D eigenvalue weighted by molar-refractivity contribution is -0.116. The maximum absolute atomic E-state index is 12.2. The van der Waals surface area contributed by atoms with E-state index in [0.717, 1.165) is 38.9 Å². The van der Waals surface area contributed by atoms with Crippen LogP contribution < -0.4 is 4.90 Å². The Morgan fingerprint density at radius 3 is 2.35 bits per heavy atom. The third-order valence-corrected chi connectivity index (χ3v) is 6.07. The SMILES string of the molecule is CC(=O)N(CCN(C)C)c1ccc(N=C(c2ccccc2)c2c(O)[nH]c3cc(Br)ccc23)cc1. The van der Waals surface area contributed by atoms with Gasteiger partial charge in [0, 0.05) is 41.1 Å². The first-order chi connectivity index (χ1) is 16.3. The van der Waals surface area contributed by atoms with Gasteiger partial charge in [0.05, 0.1) is 22.5 Å². The fourth-order valence-corrected chi connectivity index (χ4v) is 4.22. The molecule has 1 heterocycles. The molecule has 1 amide bonds. The van der Waals surface area contributed by atoms with Gasteiger partial charge in [-0.2, -0.15) is 0 Å². The van der Waals surface area contributed by atoms with Crippen molar-refractivity contribution in [3.8, 4) is 5.88 Å². The predicted molar refractivity (Wildman–Crippen MR) is 142 cm³/mol. The van der Waals surface area contributed by atoms with Crippen molar-refractivity contribution in [1.82, 2.24) is 9.88 Å². The van der Waals surface area contributed by atoms with Crippen LogP contribution in [0.1, 0.15) is 18.1 Å². The standard InChI is InChI=1S/C27H27BrN4O2/c1-18(33)32(16-15-31(2)3)22-12-10-21(11-13-22)29-26(19-7-5-4-6-8-19)25-23-14-9-20(28)17-24(23)30-27(25)34/h4-14,17,30,34H,15-16H2,1-3H3. The third kappa shape index (κ3) is 5.21. The molecule has 0 aliphatic heterocycles. The Morgan fingerprint density at radius 1 is 1.00 bits per heavy atom. The fourth-order valence-electron chi connectivity index (χ4n) is 3.86. The van der Waals surface area contributed by atoms with Gasteiger partial charge in [0.15, 0.2) is 5.88 Å². The van der Waals surface area contributed by atoms with Crippen molar-refractivity contribution >= 4 is 49.8 Å². The minimum atomic E-state index is -0.00190. The number of carbonyl (C=O) groups excluding carboxylic acids is 1. The van der Waals surface area contributed by atoms with Crippen LogP contribution in [0.4, 0.5) is 11.4 Å². The fraction of sp³-hybridized carbons (Fsp3) is 0.185. The zero-order valence-electron chi connectivity index (χ0n) is 19.4. The van der Waals surface area contributed by atoms with Crippen LogP contribution in [0.5, 0.6) is 5.88 Å². The number of anilines is 1. The topological polar surface area (TPSA) is 71.9 Å². The van der Waals surface area contributed by atoms with E-state index in [2.05, 4.69) is 20.9 Å². The summed E-state index contributed by atoms with van der Waals surface area (Å²) in [6, 6.07) is 23.2. The summed E-state index contributed by atoms with van der Waals surface area (Å²) in [6.45, 7) is 2.96. The number of hydrogen-bond acceptors (Lipinski definition) is 4. The Hall–Kier alpha value is -3.42. The van der Waals surface area contributed by atoms with Crippen molar-refractivity contribution in [3.63, 3.8) is 0 Å². The molecule has 2 N–H and O–H groups in total. The minimum absolute atomic E-state index is 0.00190. The number of aromatic hydroxyl groups is 1. The molecule has 4 aromatic rings. The number of fused-ring (bicyclic) bond motifs is 1. The first-order valence-corrected chi connectivity index (χ1v) is 11.8. The number of aromatic nitrogens is 1. The molecular formula is C27H27BrN4O2. The molecule has 0 saturated heterocycles. The van der Waals surface area contributed by atoms with E-state index in [1.165, 1.54) is 0 Å². The van der Waals surface area contributed by atoms with Crippen molar-refractivity contribution in [2.24, 2.45) is 4.99 Å². The quantitative estimate of drug-likeness (QED) is 0.307. The number of halogens is 1. The molecule has 3 aromatic carbocycles. The second-order valence-electron chi connectivity index (χ2n) is 8.36. The number of aliphatic imine (C=N–C) groups is 1. The number of nitrogens with one attached hydrogen (secondary N) is 1. The van der Waals surface area contributed by atoms with Gasteiger partial charge in [0.25, 0.3) is 0 Å². The second-order valence-corrected chi connectivity index (χ2v) is 9.27. The molecule has 1 aromatic heterocycles. The van der Waals surface area contributed by atoms with E-state index in [9.17, 15) is 9.90 Å². The number of benzene rings is 3. The smallest absolute Gasteiger partial charge is 0.223 e. The summed E-state index contributed by atoms with van der Waals surface area (Å²) in [4.78, 5) is 24.0. The Labute approximate surface area is 207 Å². The number of likely N-dealkylation sites (N-methyl/N-ethyl adjacent to an activating group) is 1. The predicted octanol–water partition coefficient (Wildman–Crippen LogP) is 5.72. The first kappa shape index (κ1) is 23.7. The van der Waals surface area contributed by atoms with E-state index in [-0.39, 0.29) is 11.8 Å². The summed E-state index contributed by atoms with van der Waals surface area (Å²) in [6.07, 6.45) is 0. The molecule has 0 bridgehead atoms. The summed E-state index contributed by atoms with van der Waals surface area (Å²) in [5, 5.41) is 11.7. The summed E-state index contributed by atoms with van der Waals surface area (Å²) in [5.41, 5.74) is 4.57. The summed E-state index contributed by atoms with van der Waals surface area (Å²) >= 11 is 3.49.